The summed E-state index contributed by atoms with van der Waals surface area (Å²) in [6, 6.07) is 7.94. The molecular formula is C20H25N3O2. The summed E-state index contributed by atoms with van der Waals surface area (Å²) in [4.78, 5) is 19.3. The summed E-state index contributed by atoms with van der Waals surface area (Å²) >= 11 is 0. The Balaban J connectivity index is 1.76. The molecule has 0 spiro atoms. The molecule has 1 aromatic carbocycles. The molecule has 1 N–H and O–H groups in total. The molecule has 132 valence electrons. The second-order valence-electron chi connectivity index (χ2n) is 6.53. The first kappa shape index (κ1) is 17.4. The Morgan fingerprint density at radius 3 is 2.56 bits per heavy atom. The van der Waals surface area contributed by atoms with Gasteiger partial charge in [-0.3, -0.25) is 4.79 Å². The lowest BCUT2D eigenvalue weighted by Crippen LogP contribution is -2.38. The van der Waals surface area contributed by atoms with Crippen molar-refractivity contribution in [1.82, 2.24) is 10.3 Å². The molecule has 5 heteroatoms. The Kier molecular flexibility index (Phi) is 5.34. The molecule has 1 fully saturated rings. The minimum Gasteiger partial charge on any atom is -0.378 e. The number of hydrogen-bond donors (Lipinski definition) is 1. The van der Waals surface area contributed by atoms with Crippen molar-refractivity contribution in [2.24, 2.45) is 0 Å². The fourth-order valence-electron chi connectivity index (χ4n) is 3.35. The summed E-state index contributed by atoms with van der Waals surface area (Å²) in [7, 11) is 0. The van der Waals surface area contributed by atoms with E-state index in [2.05, 4.69) is 48.1 Å². The van der Waals surface area contributed by atoms with E-state index >= 15 is 0 Å². The highest BCUT2D eigenvalue weighted by Crippen LogP contribution is 2.20. The summed E-state index contributed by atoms with van der Waals surface area (Å²) in [6.45, 7) is 9.63. The number of amides is 1. The predicted molar refractivity (Wildman–Crippen MR) is 99.1 cm³/mol. The molecule has 1 aliphatic rings. The quantitative estimate of drug-likeness (QED) is 0.931. The van der Waals surface area contributed by atoms with E-state index in [9.17, 15) is 4.79 Å². The molecule has 0 bridgehead atoms. The minimum absolute atomic E-state index is 0.0889. The van der Waals surface area contributed by atoms with Gasteiger partial charge in [0.25, 0.3) is 5.91 Å². The Bertz CT molecular complexity index is 744. The van der Waals surface area contributed by atoms with E-state index in [0.717, 1.165) is 18.9 Å². The summed E-state index contributed by atoms with van der Waals surface area (Å²) < 4.78 is 5.39. The van der Waals surface area contributed by atoms with Crippen molar-refractivity contribution < 1.29 is 9.53 Å². The highest BCUT2D eigenvalue weighted by molar-refractivity contribution is 5.98. The number of carbonyl (C=O) groups excluding carboxylic acids is 1. The zero-order valence-electron chi connectivity index (χ0n) is 15.1. The first-order valence-corrected chi connectivity index (χ1v) is 8.69. The van der Waals surface area contributed by atoms with Crippen molar-refractivity contribution in [1.29, 1.82) is 0 Å². The Morgan fingerprint density at radius 2 is 1.88 bits per heavy atom. The van der Waals surface area contributed by atoms with E-state index in [1.807, 2.05) is 6.07 Å². The van der Waals surface area contributed by atoms with Crippen LogP contribution in [0.5, 0.6) is 0 Å². The maximum Gasteiger partial charge on any atom is 0.255 e. The number of carbonyl (C=O) groups is 1. The Morgan fingerprint density at radius 1 is 1.20 bits per heavy atom. The molecule has 0 unspecified atom stereocenters. The van der Waals surface area contributed by atoms with Gasteiger partial charge in [-0.15, -0.1) is 0 Å². The lowest BCUT2D eigenvalue weighted by atomic mass is 10.00. The molecule has 1 amide bonds. The van der Waals surface area contributed by atoms with E-state index in [4.69, 9.17) is 4.74 Å². The molecule has 2 aromatic rings. The molecule has 1 aliphatic heterocycles. The van der Waals surface area contributed by atoms with E-state index in [1.54, 1.807) is 12.3 Å². The van der Waals surface area contributed by atoms with Crippen molar-refractivity contribution in [3.8, 4) is 0 Å². The van der Waals surface area contributed by atoms with Gasteiger partial charge in [0.05, 0.1) is 18.8 Å². The highest BCUT2D eigenvalue weighted by atomic mass is 16.5. The van der Waals surface area contributed by atoms with Crippen LogP contribution in [0.3, 0.4) is 0 Å². The standard InChI is InChI=1S/C20H25N3O2/c1-14-11-15(2)18(16(3)12-14)13-22-20(24)17-5-4-6-21-19(17)23-7-9-25-10-8-23/h4-6,11-12H,7-10,13H2,1-3H3,(H,22,24). The molecule has 1 aromatic heterocycles. The number of aryl methyl sites for hydroxylation is 3. The van der Waals surface area contributed by atoms with E-state index in [-0.39, 0.29) is 5.91 Å². The van der Waals surface area contributed by atoms with Crippen molar-refractivity contribution in [2.75, 3.05) is 31.2 Å². The summed E-state index contributed by atoms with van der Waals surface area (Å²) in [5.41, 5.74) is 5.45. The smallest absolute Gasteiger partial charge is 0.255 e. The number of anilines is 1. The van der Waals surface area contributed by atoms with Crippen LogP contribution in [0.25, 0.3) is 0 Å². The number of morpholine rings is 1. The van der Waals surface area contributed by atoms with Crippen LogP contribution in [-0.2, 0) is 11.3 Å². The van der Waals surface area contributed by atoms with Gasteiger partial charge in [-0.2, -0.15) is 0 Å². The number of pyridine rings is 1. The molecule has 0 atom stereocenters. The SMILES string of the molecule is Cc1cc(C)c(CNC(=O)c2cccnc2N2CCOCC2)c(C)c1. The monoisotopic (exact) mass is 339 g/mol. The number of hydrogen-bond acceptors (Lipinski definition) is 4. The lowest BCUT2D eigenvalue weighted by Gasteiger charge is -2.29. The minimum atomic E-state index is -0.0889. The number of nitrogens with one attached hydrogen (secondary N) is 1. The van der Waals surface area contributed by atoms with Gasteiger partial charge >= 0.3 is 0 Å². The molecule has 3 rings (SSSR count). The van der Waals surface area contributed by atoms with Gasteiger partial charge < -0.3 is 15.0 Å². The van der Waals surface area contributed by atoms with Crippen LogP contribution in [0.4, 0.5) is 5.82 Å². The third-order valence-electron chi connectivity index (χ3n) is 4.61. The number of nitrogens with zero attached hydrogens (tertiary/aromatic N) is 2. The van der Waals surface area contributed by atoms with Crippen molar-refractivity contribution in [3.05, 3.63) is 58.3 Å². The van der Waals surface area contributed by atoms with Crippen LogP contribution in [-0.4, -0.2) is 37.2 Å². The van der Waals surface area contributed by atoms with Gasteiger partial charge in [-0.25, -0.2) is 4.98 Å². The van der Waals surface area contributed by atoms with Gasteiger partial charge in [0.2, 0.25) is 0 Å². The zero-order chi connectivity index (χ0) is 17.8. The zero-order valence-corrected chi connectivity index (χ0v) is 15.1. The third-order valence-corrected chi connectivity index (χ3v) is 4.61. The second kappa shape index (κ2) is 7.66. The molecule has 25 heavy (non-hydrogen) atoms. The van der Waals surface area contributed by atoms with Gasteiger partial charge in [0.15, 0.2) is 0 Å². The first-order valence-electron chi connectivity index (χ1n) is 8.69. The third kappa shape index (κ3) is 3.99. The number of aromatic nitrogens is 1. The van der Waals surface area contributed by atoms with Gasteiger partial charge in [-0.1, -0.05) is 17.7 Å². The van der Waals surface area contributed by atoms with Crippen LogP contribution in [0.2, 0.25) is 0 Å². The summed E-state index contributed by atoms with van der Waals surface area (Å²) in [5.74, 6) is 0.648. The van der Waals surface area contributed by atoms with E-state index in [1.165, 1.54) is 22.3 Å². The summed E-state index contributed by atoms with van der Waals surface area (Å²) in [6.07, 6.45) is 1.73. The largest absolute Gasteiger partial charge is 0.378 e. The molecule has 0 radical (unpaired) electrons. The fraction of sp³-hybridized carbons (Fsp3) is 0.400. The first-order chi connectivity index (χ1) is 12.1. The molecular weight excluding hydrogens is 314 g/mol. The topological polar surface area (TPSA) is 54.5 Å². The average Bonchev–Trinajstić information content (AvgIpc) is 2.61. The molecule has 1 saturated heterocycles. The highest BCUT2D eigenvalue weighted by Gasteiger charge is 2.20. The number of rotatable bonds is 4. The van der Waals surface area contributed by atoms with Crippen molar-refractivity contribution >= 4 is 11.7 Å². The van der Waals surface area contributed by atoms with Crippen LogP contribution >= 0.6 is 0 Å². The maximum absolute atomic E-state index is 12.8. The molecule has 2 heterocycles. The van der Waals surface area contributed by atoms with Gasteiger partial charge in [-0.05, 0) is 49.6 Å². The molecule has 0 aliphatic carbocycles. The van der Waals surface area contributed by atoms with Crippen LogP contribution in [0.15, 0.2) is 30.5 Å². The molecule has 0 saturated carbocycles. The second-order valence-corrected chi connectivity index (χ2v) is 6.53. The maximum atomic E-state index is 12.8. The fourth-order valence-corrected chi connectivity index (χ4v) is 3.35. The van der Waals surface area contributed by atoms with E-state index < -0.39 is 0 Å². The normalized spacial score (nSPS) is 14.4. The summed E-state index contributed by atoms with van der Waals surface area (Å²) in [5, 5.41) is 3.06. The van der Waals surface area contributed by atoms with Crippen molar-refractivity contribution in [2.45, 2.75) is 27.3 Å². The predicted octanol–water partition coefficient (Wildman–Crippen LogP) is 2.77. The molecule has 5 nitrogen and oxygen atoms in total. The van der Waals surface area contributed by atoms with E-state index in [0.29, 0.717) is 25.3 Å². The average molecular weight is 339 g/mol. The number of benzene rings is 1. The Hall–Kier alpha value is -2.40. The van der Waals surface area contributed by atoms with Gasteiger partial charge in [0, 0.05) is 25.8 Å². The van der Waals surface area contributed by atoms with Crippen LogP contribution in [0.1, 0.15) is 32.6 Å². The van der Waals surface area contributed by atoms with Crippen LogP contribution in [0, 0.1) is 20.8 Å². The lowest BCUT2D eigenvalue weighted by molar-refractivity contribution is 0.0949. The van der Waals surface area contributed by atoms with Crippen molar-refractivity contribution in [3.63, 3.8) is 0 Å². The number of ether oxygens (including phenoxy) is 1. The Labute approximate surface area is 149 Å². The van der Waals surface area contributed by atoms with Crippen LogP contribution < -0.4 is 10.2 Å². The van der Waals surface area contributed by atoms with Gasteiger partial charge in [0.1, 0.15) is 5.82 Å².